The van der Waals surface area contributed by atoms with Crippen molar-refractivity contribution in [2.45, 2.75) is 20.5 Å². The van der Waals surface area contributed by atoms with Gasteiger partial charge in [-0.05, 0) is 25.5 Å². The number of esters is 1. The van der Waals surface area contributed by atoms with Crippen molar-refractivity contribution in [3.05, 3.63) is 65.5 Å². The van der Waals surface area contributed by atoms with Gasteiger partial charge in [-0.3, -0.25) is 0 Å². The van der Waals surface area contributed by atoms with E-state index in [1.165, 1.54) is 0 Å². The Morgan fingerprint density at radius 3 is 2.71 bits per heavy atom. The summed E-state index contributed by atoms with van der Waals surface area (Å²) in [6.45, 7) is 3.67. The molecule has 0 amide bonds. The molecule has 7 heteroatoms. The molecule has 28 heavy (non-hydrogen) atoms. The van der Waals surface area contributed by atoms with E-state index >= 15 is 0 Å². The number of aliphatic hydroxyl groups is 1. The van der Waals surface area contributed by atoms with Gasteiger partial charge in [0.1, 0.15) is 18.0 Å². The first-order valence-corrected chi connectivity index (χ1v) is 8.94. The summed E-state index contributed by atoms with van der Waals surface area (Å²) < 4.78 is 12.1. The van der Waals surface area contributed by atoms with E-state index in [0.29, 0.717) is 34.8 Å². The average molecular weight is 377 g/mol. The number of aliphatic hydroxyl groups excluding tert-OH is 1. The minimum Gasteiger partial charge on any atom is -0.462 e. The van der Waals surface area contributed by atoms with Crippen molar-refractivity contribution >= 4 is 11.5 Å². The van der Waals surface area contributed by atoms with Crippen LogP contribution in [-0.2, 0) is 11.3 Å². The van der Waals surface area contributed by atoms with Crippen molar-refractivity contribution < 1.29 is 19.2 Å². The van der Waals surface area contributed by atoms with Crippen LogP contribution in [-0.4, -0.2) is 32.5 Å². The van der Waals surface area contributed by atoms with Gasteiger partial charge in [0.05, 0.1) is 23.3 Å². The summed E-state index contributed by atoms with van der Waals surface area (Å²) in [5, 5.41) is 18.2. The molecule has 0 unspecified atom stereocenters. The van der Waals surface area contributed by atoms with E-state index in [1.54, 1.807) is 29.8 Å². The Morgan fingerprint density at radius 2 is 2.04 bits per heavy atom. The monoisotopic (exact) mass is 377 g/mol. The Kier molecular flexibility index (Phi) is 4.67. The first-order valence-electron chi connectivity index (χ1n) is 8.94. The molecular weight excluding hydrogens is 358 g/mol. The molecule has 0 atom stereocenters. The summed E-state index contributed by atoms with van der Waals surface area (Å²) in [6.07, 6.45) is 1.80. The predicted molar refractivity (Wildman–Crippen MR) is 103 cm³/mol. The Balaban J connectivity index is 2.00. The molecule has 1 aromatic carbocycles. The average Bonchev–Trinajstić information content (AvgIpc) is 3.32. The van der Waals surface area contributed by atoms with Gasteiger partial charge in [-0.1, -0.05) is 35.5 Å². The number of ether oxygens (including phenoxy) is 1. The highest BCUT2D eigenvalue weighted by Gasteiger charge is 2.22. The fourth-order valence-electron chi connectivity index (χ4n) is 3.17. The molecule has 7 nitrogen and oxygen atoms in total. The van der Waals surface area contributed by atoms with Crippen molar-refractivity contribution in [1.82, 2.24) is 14.8 Å². The number of hydrogen-bond donors (Lipinski definition) is 1. The quantitative estimate of drug-likeness (QED) is 0.534. The summed E-state index contributed by atoms with van der Waals surface area (Å²) in [7, 11) is 0. The van der Waals surface area contributed by atoms with Crippen LogP contribution >= 0.6 is 0 Å². The van der Waals surface area contributed by atoms with E-state index in [9.17, 15) is 9.90 Å². The van der Waals surface area contributed by atoms with Crippen LogP contribution in [0.2, 0.25) is 0 Å². The fourth-order valence-corrected chi connectivity index (χ4v) is 3.17. The van der Waals surface area contributed by atoms with E-state index < -0.39 is 0 Å². The van der Waals surface area contributed by atoms with Gasteiger partial charge in [-0.2, -0.15) is 5.10 Å². The first kappa shape index (κ1) is 17.9. The smallest absolute Gasteiger partial charge is 0.338 e. The molecule has 0 saturated heterocycles. The van der Waals surface area contributed by atoms with E-state index in [0.717, 1.165) is 16.7 Å². The molecule has 0 spiro atoms. The molecule has 0 radical (unpaired) electrons. The van der Waals surface area contributed by atoms with Crippen LogP contribution < -0.4 is 0 Å². The lowest BCUT2D eigenvalue weighted by Gasteiger charge is -2.06. The maximum absolute atomic E-state index is 12.4. The lowest BCUT2D eigenvalue weighted by molar-refractivity contribution is 0.0525. The van der Waals surface area contributed by atoms with Gasteiger partial charge in [0.25, 0.3) is 0 Å². The van der Waals surface area contributed by atoms with Crippen LogP contribution in [0, 0.1) is 6.92 Å². The number of aryl methyl sites for hydroxylation is 1. The molecule has 4 aromatic rings. The highest BCUT2D eigenvalue weighted by molar-refractivity contribution is 5.97. The second-order valence-electron chi connectivity index (χ2n) is 6.35. The number of carbonyl (C=O) groups is 1. The number of fused-ring (bicyclic) bond motifs is 1. The first-order chi connectivity index (χ1) is 13.6. The van der Waals surface area contributed by atoms with Crippen LogP contribution in [0.25, 0.3) is 28.0 Å². The molecule has 1 N–H and O–H groups in total. The van der Waals surface area contributed by atoms with Crippen LogP contribution in [0.4, 0.5) is 0 Å². The van der Waals surface area contributed by atoms with Crippen molar-refractivity contribution in [2.75, 3.05) is 6.61 Å². The number of hydrogen-bond acceptors (Lipinski definition) is 6. The standard InChI is InChI=1S/C21H19N3O4/c1-3-27-21(26)16-10-18-19(17-9-15(12-25)28-23-17)20(14-7-5-4-6-8-14)22-24(18)11-13(16)2/h4-11,25H,3,12H2,1-2H3. The van der Waals surface area contributed by atoms with Crippen molar-refractivity contribution in [3.8, 4) is 22.5 Å². The van der Waals surface area contributed by atoms with Gasteiger partial charge in [0, 0.05) is 17.8 Å². The van der Waals surface area contributed by atoms with E-state index in [-0.39, 0.29) is 12.6 Å². The second-order valence-corrected chi connectivity index (χ2v) is 6.35. The van der Waals surface area contributed by atoms with E-state index in [4.69, 9.17) is 14.4 Å². The van der Waals surface area contributed by atoms with Crippen LogP contribution in [0.5, 0.6) is 0 Å². The molecule has 0 aliphatic rings. The van der Waals surface area contributed by atoms with Crippen LogP contribution in [0.1, 0.15) is 28.6 Å². The fraction of sp³-hybridized carbons (Fsp3) is 0.190. The SMILES string of the molecule is CCOC(=O)c1cc2c(-c3cc(CO)on3)c(-c3ccccc3)nn2cc1C. The van der Waals surface area contributed by atoms with Crippen LogP contribution in [0.15, 0.2) is 53.2 Å². The van der Waals surface area contributed by atoms with E-state index in [2.05, 4.69) is 5.16 Å². The van der Waals surface area contributed by atoms with Gasteiger partial charge in [0.15, 0.2) is 5.76 Å². The molecular formula is C21H19N3O4. The molecule has 3 heterocycles. The number of pyridine rings is 1. The molecule has 142 valence electrons. The van der Waals surface area contributed by atoms with Crippen molar-refractivity contribution in [3.63, 3.8) is 0 Å². The zero-order valence-corrected chi connectivity index (χ0v) is 15.5. The van der Waals surface area contributed by atoms with Gasteiger partial charge in [-0.25, -0.2) is 9.31 Å². The summed E-state index contributed by atoms with van der Waals surface area (Å²) in [5.74, 6) is -0.0294. The number of carbonyl (C=O) groups excluding carboxylic acids is 1. The zero-order valence-electron chi connectivity index (χ0n) is 15.5. The molecule has 3 aromatic heterocycles. The van der Waals surface area contributed by atoms with Crippen molar-refractivity contribution in [1.29, 1.82) is 0 Å². The highest BCUT2D eigenvalue weighted by Crippen LogP contribution is 2.35. The minimum absolute atomic E-state index is 0.250. The zero-order chi connectivity index (χ0) is 19.7. The van der Waals surface area contributed by atoms with Gasteiger partial charge in [-0.15, -0.1) is 0 Å². The summed E-state index contributed by atoms with van der Waals surface area (Å²) in [6, 6.07) is 13.1. The Morgan fingerprint density at radius 1 is 1.25 bits per heavy atom. The number of aromatic nitrogens is 3. The number of rotatable bonds is 5. The van der Waals surface area contributed by atoms with Crippen molar-refractivity contribution in [2.24, 2.45) is 0 Å². The topological polar surface area (TPSA) is 89.9 Å². The Hall–Kier alpha value is -3.45. The third-order valence-electron chi connectivity index (χ3n) is 4.48. The Labute approximate surface area is 161 Å². The largest absolute Gasteiger partial charge is 0.462 e. The van der Waals surface area contributed by atoms with Gasteiger partial charge >= 0.3 is 5.97 Å². The van der Waals surface area contributed by atoms with Crippen LogP contribution in [0.3, 0.4) is 0 Å². The lowest BCUT2D eigenvalue weighted by Crippen LogP contribution is -2.08. The third kappa shape index (κ3) is 3.05. The molecule has 0 aliphatic carbocycles. The molecule has 0 fully saturated rings. The summed E-state index contributed by atoms with van der Waals surface area (Å²) >= 11 is 0. The predicted octanol–water partition coefficient (Wildman–Crippen LogP) is 3.63. The summed E-state index contributed by atoms with van der Waals surface area (Å²) in [5.41, 5.74) is 4.81. The van der Waals surface area contributed by atoms with Gasteiger partial charge in [0.2, 0.25) is 0 Å². The number of nitrogens with zero attached hydrogens (tertiary/aromatic N) is 3. The third-order valence-corrected chi connectivity index (χ3v) is 4.48. The van der Waals surface area contributed by atoms with E-state index in [1.807, 2.05) is 37.3 Å². The molecule has 0 bridgehead atoms. The number of benzene rings is 1. The maximum atomic E-state index is 12.4. The second kappa shape index (κ2) is 7.28. The Bertz CT molecular complexity index is 1150. The summed E-state index contributed by atoms with van der Waals surface area (Å²) in [4.78, 5) is 12.4. The molecule has 0 aliphatic heterocycles. The maximum Gasteiger partial charge on any atom is 0.338 e. The molecule has 4 rings (SSSR count). The minimum atomic E-state index is -0.382. The lowest BCUT2D eigenvalue weighted by atomic mass is 10.0. The normalized spacial score (nSPS) is 11.1. The van der Waals surface area contributed by atoms with Gasteiger partial charge < -0.3 is 14.4 Å². The molecule has 0 saturated carbocycles. The highest BCUT2D eigenvalue weighted by atomic mass is 16.5.